The first kappa shape index (κ1) is 11.5. The number of hydrogen-bond acceptors (Lipinski definition) is 5. The third kappa shape index (κ3) is 2.78. The number of hydrogen-bond donors (Lipinski definition) is 2. The smallest absolute Gasteiger partial charge is 0.240 e. The first-order chi connectivity index (χ1) is 7.65. The minimum atomic E-state index is -0.0101. The van der Waals surface area contributed by atoms with Gasteiger partial charge in [0.15, 0.2) is 5.13 Å². The highest BCUT2D eigenvalue weighted by Gasteiger charge is 2.15. The van der Waals surface area contributed by atoms with Crippen LogP contribution in [0.3, 0.4) is 0 Å². The molecule has 0 saturated carbocycles. The van der Waals surface area contributed by atoms with E-state index in [4.69, 9.17) is 0 Å². The Balaban J connectivity index is 1.99. The van der Waals surface area contributed by atoms with Gasteiger partial charge in [0.2, 0.25) is 5.91 Å². The highest BCUT2D eigenvalue weighted by Crippen LogP contribution is 2.25. The van der Waals surface area contributed by atoms with Gasteiger partial charge in [-0.3, -0.25) is 4.79 Å². The van der Waals surface area contributed by atoms with E-state index in [1.54, 1.807) is 11.3 Å². The second-order valence-electron chi connectivity index (χ2n) is 4.10. The summed E-state index contributed by atoms with van der Waals surface area (Å²) in [6.07, 6.45) is 0.954. The molecule has 0 saturated heterocycles. The van der Waals surface area contributed by atoms with E-state index in [0.29, 0.717) is 6.54 Å². The summed E-state index contributed by atoms with van der Waals surface area (Å²) in [5.74, 6) is -0.0101. The van der Waals surface area contributed by atoms with Crippen molar-refractivity contribution in [2.45, 2.75) is 13.0 Å². The highest BCUT2D eigenvalue weighted by atomic mass is 32.1. The van der Waals surface area contributed by atoms with Crippen LogP contribution in [0.1, 0.15) is 10.6 Å². The van der Waals surface area contributed by atoms with Crippen molar-refractivity contribution >= 4 is 22.4 Å². The summed E-state index contributed by atoms with van der Waals surface area (Å²) in [6.45, 7) is 2.24. The minimum absolute atomic E-state index is 0.0101. The van der Waals surface area contributed by atoms with Crippen molar-refractivity contribution in [3.05, 3.63) is 10.6 Å². The molecule has 0 atom stereocenters. The number of fused-ring (bicyclic) bond motifs is 1. The van der Waals surface area contributed by atoms with Gasteiger partial charge < -0.3 is 15.5 Å². The molecule has 0 fully saturated rings. The maximum absolute atomic E-state index is 11.5. The summed E-state index contributed by atoms with van der Waals surface area (Å²) >= 11 is 1.57. The van der Waals surface area contributed by atoms with E-state index in [-0.39, 0.29) is 5.91 Å². The van der Waals surface area contributed by atoms with E-state index in [0.717, 1.165) is 30.3 Å². The molecule has 16 heavy (non-hydrogen) atoms. The largest absolute Gasteiger partial charge is 0.311 e. The van der Waals surface area contributed by atoms with Gasteiger partial charge in [0, 0.05) is 24.4 Å². The first-order valence-corrected chi connectivity index (χ1v) is 6.10. The van der Waals surface area contributed by atoms with Gasteiger partial charge in [0.25, 0.3) is 0 Å². The predicted molar refractivity (Wildman–Crippen MR) is 64.7 cm³/mol. The number of carbonyl (C=O) groups excluding carboxylic acids is 1. The van der Waals surface area contributed by atoms with Crippen molar-refractivity contribution in [2.24, 2.45) is 0 Å². The van der Waals surface area contributed by atoms with Crippen LogP contribution < -0.4 is 10.6 Å². The van der Waals surface area contributed by atoms with E-state index in [9.17, 15) is 4.79 Å². The zero-order valence-corrected chi connectivity index (χ0v) is 10.4. The molecule has 0 radical (unpaired) electrons. The molecule has 0 unspecified atom stereocenters. The molecular weight excluding hydrogens is 224 g/mol. The monoisotopic (exact) mass is 240 g/mol. The molecule has 1 aliphatic rings. The molecule has 6 heteroatoms. The maximum atomic E-state index is 11.5. The molecule has 1 aromatic heterocycles. The number of nitrogens with one attached hydrogen (secondary N) is 2. The van der Waals surface area contributed by atoms with Crippen LogP contribution >= 0.6 is 11.3 Å². The van der Waals surface area contributed by atoms with Gasteiger partial charge in [0.05, 0.1) is 12.2 Å². The number of aromatic nitrogens is 1. The van der Waals surface area contributed by atoms with Crippen LogP contribution in [0.25, 0.3) is 0 Å². The molecule has 0 aromatic carbocycles. The number of thiazole rings is 1. The number of carbonyl (C=O) groups is 1. The molecule has 0 bridgehead atoms. The lowest BCUT2D eigenvalue weighted by molar-refractivity contribution is -0.116. The van der Waals surface area contributed by atoms with Crippen molar-refractivity contribution in [3.8, 4) is 0 Å². The van der Waals surface area contributed by atoms with Gasteiger partial charge in [-0.15, -0.1) is 11.3 Å². The fourth-order valence-corrected chi connectivity index (χ4v) is 2.62. The molecular formula is C10H16N4OS. The molecule has 5 nitrogen and oxygen atoms in total. The van der Waals surface area contributed by atoms with Gasteiger partial charge >= 0.3 is 0 Å². The zero-order valence-electron chi connectivity index (χ0n) is 9.54. The van der Waals surface area contributed by atoms with Gasteiger partial charge in [-0.05, 0) is 14.1 Å². The van der Waals surface area contributed by atoms with Crippen LogP contribution in [-0.2, 0) is 17.8 Å². The number of nitrogens with zero attached hydrogens (tertiary/aromatic N) is 2. The Morgan fingerprint density at radius 3 is 3.12 bits per heavy atom. The van der Waals surface area contributed by atoms with E-state index in [1.807, 2.05) is 19.0 Å². The summed E-state index contributed by atoms with van der Waals surface area (Å²) in [5.41, 5.74) is 1.13. The van der Waals surface area contributed by atoms with Crippen molar-refractivity contribution < 1.29 is 4.79 Å². The third-order valence-corrected chi connectivity index (χ3v) is 3.32. The van der Waals surface area contributed by atoms with Crippen molar-refractivity contribution in [3.63, 3.8) is 0 Å². The number of anilines is 1. The van der Waals surface area contributed by atoms with Gasteiger partial charge in [0.1, 0.15) is 0 Å². The standard InChI is InChI=1S/C10H16N4OS/c1-14(2)6-9(15)13-10-12-7-3-4-11-5-8(7)16-10/h11H,3-6H2,1-2H3,(H,12,13,15). The molecule has 0 aliphatic carbocycles. The molecule has 0 spiro atoms. The summed E-state index contributed by atoms with van der Waals surface area (Å²) in [5, 5.41) is 6.84. The van der Waals surface area contributed by atoms with E-state index in [2.05, 4.69) is 15.6 Å². The minimum Gasteiger partial charge on any atom is -0.311 e. The summed E-state index contributed by atoms with van der Waals surface area (Å²) in [7, 11) is 3.74. The Hall–Kier alpha value is -0.980. The lowest BCUT2D eigenvalue weighted by atomic mass is 10.2. The van der Waals surface area contributed by atoms with Crippen LogP contribution in [0.2, 0.25) is 0 Å². The van der Waals surface area contributed by atoms with Crippen LogP contribution in [0.5, 0.6) is 0 Å². The van der Waals surface area contributed by atoms with E-state index < -0.39 is 0 Å². The Bertz CT molecular complexity index is 365. The first-order valence-electron chi connectivity index (χ1n) is 5.29. The van der Waals surface area contributed by atoms with Gasteiger partial charge in [-0.25, -0.2) is 4.98 Å². The fraction of sp³-hybridized carbons (Fsp3) is 0.600. The zero-order chi connectivity index (χ0) is 11.5. The van der Waals surface area contributed by atoms with E-state index in [1.165, 1.54) is 4.88 Å². The summed E-state index contributed by atoms with van der Waals surface area (Å²) < 4.78 is 0. The fourth-order valence-electron chi connectivity index (χ4n) is 1.62. The maximum Gasteiger partial charge on any atom is 0.240 e. The van der Waals surface area contributed by atoms with Crippen LogP contribution in [-0.4, -0.2) is 43.0 Å². The summed E-state index contributed by atoms with van der Waals surface area (Å²) in [6, 6.07) is 0. The average Bonchev–Trinajstić information content (AvgIpc) is 2.57. The van der Waals surface area contributed by atoms with Crippen molar-refractivity contribution in [1.29, 1.82) is 0 Å². The SMILES string of the molecule is CN(C)CC(=O)Nc1nc2c(s1)CNCC2. The Morgan fingerprint density at radius 1 is 1.62 bits per heavy atom. The molecule has 2 rings (SSSR count). The van der Waals surface area contributed by atoms with Gasteiger partial charge in [-0.2, -0.15) is 0 Å². The van der Waals surface area contributed by atoms with E-state index >= 15 is 0 Å². The molecule has 1 aromatic rings. The lowest BCUT2D eigenvalue weighted by Gasteiger charge is -2.09. The Kier molecular flexibility index (Phi) is 3.52. The van der Waals surface area contributed by atoms with Crippen LogP contribution in [0.4, 0.5) is 5.13 Å². The Morgan fingerprint density at radius 2 is 2.44 bits per heavy atom. The van der Waals surface area contributed by atoms with Gasteiger partial charge in [-0.1, -0.05) is 0 Å². The molecule has 88 valence electrons. The summed E-state index contributed by atoms with van der Waals surface area (Å²) in [4.78, 5) is 19.0. The average molecular weight is 240 g/mol. The van der Waals surface area contributed by atoms with Crippen LogP contribution in [0, 0.1) is 0 Å². The Labute approximate surface area is 98.9 Å². The highest BCUT2D eigenvalue weighted by molar-refractivity contribution is 7.15. The third-order valence-electron chi connectivity index (χ3n) is 2.31. The quantitative estimate of drug-likeness (QED) is 0.797. The second-order valence-corrected chi connectivity index (χ2v) is 5.19. The number of rotatable bonds is 3. The lowest BCUT2D eigenvalue weighted by Crippen LogP contribution is -2.27. The number of likely N-dealkylation sites (N-methyl/N-ethyl adjacent to an activating group) is 1. The molecule has 2 heterocycles. The normalized spacial score (nSPS) is 14.9. The topological polar surface area (TPSA) is 57.3 Å². The molecule has 1 amide bonds. The predicted octanol–water partition coefficient (Wildman–Crippen LogP) is 0.289. The second kappa shape index (κ2) is 4.90. The molecule has 2 N–H and O–H groups in total. The van der Waals surface area contributed by atoms with Crippen molar-refractivity contribution in [2.75, 3.05) is 32.5 Å². The van der Waals surface area contributed by atoms with Crippen LogP contribution in [0.15, 0.2) is 0 Å². The van der Waals surface area contributed by atoms with Crippen molar-refractivity contribution in [1.82, 2.24) is 15.2 Å². The number of amides is 1. The molecule has 1 aliphatic heterocycles.